The fourth-order valence-corrected chi connectivity index (χ4v) is 3.33. The molecule has 0 aromatic carbocycles. The lowest BCUT2D eigenvalue weighted by Gasteiger charge is -2.24. The summed E-state index contributed by atoms with van der Waals surface area (Å²) < 4.78 is 0. The van der Waals surface area contributed by atoms with E-state index in [-0.39, 0.29) is 11.8 Å². The van der Waals surface area contributed by atoms with Crippen molar-refractivity contribution >= 4 is 23.2 Å². The Balaban J connectivity index is 1.66. The topological polar surface area (TPSA) is 61.4 Å². The summed E-state index contributed by atoms with van der Waals surface area (Å²) in [6, 6.07) is 2.14. The predicted octanol–water partition coefficient (Wildman–Crippen LogP) is 1.47. The van der Waals surface area contributed by atoms with Crippen molar-refractivity contribution in [2.45, 2.75) is 31.7 Å². The second-order valence-electron chi connectivity index (χ2n) is 5.31. The number of likely N-dealkylation sites (tertiary alicyclic amines) is 1. The quantitative estimate of drug-likeness (QED) is 0.750. The zero-order valence-electron chi connectivity index (χ0n) is 12.4. The average molecular weight is 309 g/mol. The van der Waals surface area contributed by atoms with Crippen molar-refractivity contribution in [1.82, 2.24) is 15.5 Å². The van der Waals surface area contributed by atoms with Crippen LogP contribution in [0.3, 0.4) is 0 Å². The molecule has 0 aliphatic carbocycles. The highest BCUT2D eigenvalue weighted by Gasteiger charge is 2.27. The van der Waals surface area contributed by atoms with Gasteiger partial charge in [0.15, 0.2) is 0 Å². The molecule has 21 heavy (non-hydrogen) atoms. The molecule has 1 saturated heterocycles. The third-order valence-electron chi connectivity index (χ3n) is 3.77. The van der Waals surface area contributed by atoms with Gasteiger partial charge in [0.2, 0.25) is 5.91 Å². The smallest absolute Gasteiger partial charge is 0.252 e. The Morgan fingerprint density at radius 3 is 3.05 bits per heavy atom. The Bertz CT molecular complexity index is 461. The van der Waals surface area contributed by atoms with Crippen LogP contribution in [0.15, 0.2) is 16.8 Å². The average Bonchev–Trinajstić information content (AvgIpc) is 3.14. The van der Waals surface area contributed by atoms with Gasteiger partial charge >= 0.3 is 0 Å². The van der Waals surface area contributed by atoms with Crippen molar-refractivity contribution in [2.24, 2.45) is 0 Å². The van der Waals surface area contributed by atoms with E-state index in [1.165, 1.54) is 11.3 Å². The lowest BCUT2D eigenvalue weighted by Crippen LogP contribution is -2.41. The van der Waals surface area contributed by atoms with Crippen LogP contribution < -0.4 is 10.6 Å². The molecule has 6 heteroatoms. The fourth-order valence-electron chi connectivity index (χ4n) is 2.69. The lowest BCUT2D eigenvalue weighted by molar-refractivity contribution is -0.132. The maximum Gasteiger partial charge on any atom is 0.252 e. The largest absolute Gasteiger partial charge is 0.352 e. The van der Waals surface area contributed by atoms with E-state index < -0.39 is 0 Å². The van der Waals surface area contributed by atoms with E-state index in [0.717, 1.165) is 25.9 Å². The van der Waals surface area contributed by atoms with E-state index in [0.29, 0.717) is 31.0 Å². The highest BCUT2D eigenvalue weighted by Crippen LogP contribution is 2.17. The van der Waals surface area contributed by atoms with Crippen LogP contribution in [-0.2, 0) is 4.79 Å². The van der Waals surface area contributed by atoms with Crippen LogP contribution in [0.1, 0.15) is 36.0 Å². The number of amides is 2. The number of thiophene rings is 1. The molecule has 1 atom stereocenters. The monoisotopic (exact) mass is 309 g/mol. The predicted molar refractivity (Wildman–Crippen MR) is 84.5 cm³/mol. The lowest BCUT2D eigenvalue weighted by atomic mass is 10.2. The molecule has 0 spiro atoms. The van der Waals surface area contributed by atoms with Gasteiger partial charge in [-0.25, -0.2) is 0 Å². The summed E-state index contributed by atoms with van der Waals surface area (Å²) in [5.74, 6) is 0.149. The van der Waals surface area contributed by atoms with Gasteiger partial charge in [0.1, 0.15) is 0 Å². The highest BCUT2D eigenvalue weighted by molar-refractivity contribution is 7.08. The number of carbonyl (C=O) groups excluding carboxylic acids is 2. The Kier molecular flexibility index (Phi) is 6.20. The summed E-state index contributed by atoms with van der Waals surface area (Å²) in [5.41, 5.74) is 0.694. The van der Waals surface area contributed by atoms with Gasteiger partial charge in [-0.05, 0) is 37.8 Å². The van der Waals surface area contributed by atoms with E-state index >= 15 is 0 Å². The Labute approximate surface area is 129 Å². The van der Waals surface area contributed by atoms with Gasteiger partial charge in [0, 0.05) is 43.0 Å². The summed E-state index contributed by atoms with van der Waals surface area (Å²) in [5, 5.41) is 9.70. The zero-order chi connectivity index (χ0) is 15.1. The molecular weight excluding hydrogens is 286 g/mol. The van der Waals surface area contributed by atoms with E-state index in [9.17, 15) is 9.59 Å². The Morgan fingerprint density at radius 2 is 2.33 bits per heavy atom. The second-order valence-corrected chi connectivity index (χ2v) is 6.09. The normalized spacial score (nSPS) is 18.0. The maximum atomic E-state index is 12.2. The third kappa shape index (κ3) is 4.54. The van der Waals surface area contributed by atoms with Gasteiger partial charge in [0.25, 0.3) is 5.91 Å². The Morgan fingerprint density at radius 1 is 1.48 bits per heavy atom. The van der Waals surface area contributed by atoms with Gasteiger partial charge in [0.05, 0.1) is 0 Å². The van der Waals surface area contributed by atoms with Crippen LogP contribution in [0.25, 0.3) is 0 Å². The molecule has 2 N–H and O–H groups in total. The SMILES string of the molecule is CNCC1CCCN1C(=O)CCCNC(=O)c1ccsc1. The van der Waals surface area contributed by atoms with Gasteiger partial charge in [-0.15, -0.1) is 0 Å². The van der Waals surface area contributed by atoms with E-state index in [1.54, 1.807) is 6.07 Å². The zero-order valence-corrected chi connectivity index (χ0v) is 13.2. The number of hydrogen-bond donors (Lipinski definition) is 2. The van der Waals surface area contributed by atoms with Gasteiger partial charge in [-0.2, -0.15) is 11.3 Å². The summed E-state index contributed by atoms with van der Waals surface area (Å²) in [7, 11) is 1.92. The fraction of sp³-hybridized carbons (Fsp3) is 0.600. The highest BCUT2D eigenvalue weighted by atomic mass is 32.1. The maximum absolute atomic E-state index is 12.2. The molecule has 2 rings (SSSR count). The first-order chi connectivity index (χ1) is 10.2. The molecule has 0 saturated carbocycles. The number of carbonyl (C=O) groups is 2. The summed E-state index contributed by atoms with van der Waals surface area (Å²) in [6.07, 6.45) is 3.37. The first kappa shape index (κ1) is 16.0. The van der Waals surface area contributed by atoms with Crippen LogP contribution in [0.5, 0.6) is 0 Å². The van der Waals surface area contributed by atoms with Crippen LogP contribution in [0.2, 0.25) is 0 Å². The molecule has 0 radical (unpaired) electrons. The molecular formula is C15H23N3O2S. The molecule has 5 nitrogen and oxygen atoms in total. The number of nitrogens with zero attached hydrogens (tertiary/aromatic N) is 1. The minimum Gasteiger partial charge on any atom is -0.352 e. The molecule has 1 aromatic rings. The first-order valence-electron chi connectivity index (χ1n) is 7.47. The van der Waals surface area contributed by atoms with Crippen molar-refractivity contribution in [3.8, 4) is 0 Å². The second kappa shape index (κ2) is 8.14. The molecule has 1 unspecified atom stereocenters. The third-order valence-corrected chi connectivity index (χ3v) is 4.46. The van der Waals surface area contributed by atoms with Crippen molar-refractivity contribution in [3.63, 3.8) is 0 Å². The molecule has 1 fully saturated rings. The van der Waals surface area contributed by atoms with Crippen molar-refractivity contribution in [3.05, 3.63) is 22.4 Å². The van der Waals surface area contributed by atoms with Crippen molar-refractivity contribution < 1.29 is 9.59 Å². The Hall–Kier alpha value is -1.40. The van der Waals surface area contributed by atoms with Crippen molar-refractivity contribution in [1.29, 1.82) is 0 Å². The molecule has 116 valence electrons. The van der Waals surface area contributed by atoms with Crippen LogP contribution in [0, 0.1) is 0 Å². The van der Waals surface area contributed by atoms with Crippen LogP contribution >= 0.6 is 11.3 Å². The first-order valence-corrected chi connectivity index (χ1v) is 8.41. The number of likely N-dealkylation sites (N-methyl/N-ethyl adjacent to an activating group) is 1. The standard InChI is InChI=1S/C15H23N3O2S/c1-16-10-13-4-3-8-18(13)14(19)5-2-7-17-15(20)12-6-9-21-11-12/h6,9,11,13,16H,2-5,7-8,10H2,1H3,(H,17,20). The van der Waals surface area contributed by atoms with Gasteiger partial charge in [-0.1, -0.05) is 0 Å². The van der Waals surface area contributed by atoms with Crippen LogP contribution in [-0.4, -0.2) is 49.4 Å². The minimum absolute atomic E-state index is 0.0575. The molecule has 1 aromatic heterocycles. The molecule has 2 amide bonds. The molecule has 2 heterocycles. The van der Waals surface area contributed by atoms with Crippen molar-refractivity contribution in [2.75, 3.05) is 26.7 Å². The number of rotatable bonds is 7. The minimum atomic E-state index is -0.0575. The van der Waals surface area contributed by atoms with E-state index in [4.69, 9.17) is 0 Å². The van der Waals surface area contributed by atoms with Gasteiger partial charge < -0.3 is 15.5 Å². The number of nitrogens with one attached hydrogen (secondary N) is 2. The van der Waals surface area contributed by atoms with E-state index in [1.807, 2.05) is 22.7 Å². The number of hydrogen-bond acceptors (Lipinski definition) is 4. The summed E-state index contributed by atoms with van der Waals surface area (Å²) in [4.78, 5) is 25.9. The molecule has 1 aliphatic heterocycles. The summed E-state index contributed by atoms with van der Waals surface area (Å²) >= 11 is 1.51. The van der Waals surface area contributed by atoms with Crippen LogP contribution in [0.4, 0.5) is 0 Å². The molecule has 1 aliphatic rings. The molecule has 0 bridgehead atoms. The summed E-state index contributed by atoms with van der Waals surface area (Å²) in [6.45, 7) is 2.28. The van der Waals surface area contributed by atoms with Gasteiger partial charge in [-0.3, -0.25) is 9.59 Å². The van der Waals surface area contributed by atoms with E-state index in [2.05, 4.69) is 10.6 Å².